The zero-order valence-electron chi connectivity index (χ0n) is 14.3. The van der Waals surface area contributed by atoms with Crippen LogP contribution >= 0.6 is 23.5 Å². The lowest BCUT2D eigenvalue weighted by Gasteiger charge is -2.07. The minimum atomic E-state index is -0.235. The van der Waals surface area contributed by atoms with E-state index in [1.165, 1.54) is 11.8 Å². The first kappa shape index (κ1) is 19.5. The van der Waals surface area contributed by atoms with Gasteiger partial charge in [-0.25, -0.2) is 0 Å². The van der Waals surface area contributed by atoms with Gasteiger partial charge in [-0.2, -0.15) is 0 Å². The fourth-order valence-corrected chi connectivity index (χ4v) is 3.77. The molecule has 0 atom stereocenters. The maximum Gasteiger partial charge on any atom is 0.316 e. The van der Waals surface area contributed by atoms with Crippen LogP contribution in [0.4, 0.5) is 0 Å². The van der Waals surface area contributed by atoms with Gasteiger partial charge in [0.15, 0.2) is 0 Å². The number of aryl methyl sites for hydroxylation is 2. The van der Waals surface area contributed by atoms with Gasteiger partial charge in [0, 0.05) is 15.5 Å². The van der Waals surface area contributed by atoms with Crippen LogP contribution in [0.2, 0.25) is 0 Å². The lowest BCUT2D eigenvalue weighted by Crippen LogP contribution is -2.08. The van der Waals surface area contributed by atoms with Crippen molar-refractivity contribution in [2.24, 2.45) is 0 Å². The van der Waals surface area contributed by atoms with Crippen LogP contribution in [0.3, 0.4) is 0 Å². The van der Waals surface area contributed by atoms with E-state index in [0.717, 1.165) is 33.1 Å². The average molecular weight is 379 g/mol. The van der Waals surface area contributed by atoms with E-state index in [2.05, 4.69) is 0 Å². The Hall–Kier alpha value is -1.79. The molecule has 0 aliphatic carbocycles. The van der Waals surface area contributed by atoms with E-state index >= 15 is 0 Å². The molecule has 2 aromatic rings. The van der Waals surface area contributed by atoms with Gasteiger partial charge in [-0.15, -0.1) is 23.5 Å². The van der Waals surface area contributed by atoms with Crippen LogP contribution in [0, 0.1) is 13.8 Å². The predicted octanol–water partition coefficient (Wildman–Crippen LogP) is 4.53. The molecule has 134 valence electrons. The number of carbonyl (C=O) groups excluding carboxylic acids is 1. The summed E-state index contributed by atoms with van der Waals surface area (Å²) >= 11 is 3.08. The highest BCUT2D eigenvalue weighted by Gasteiger charge is 2.06. The quantitative estimate of drug-likeness (QED) is 0.400. The molecule has 2 aromatic carbocycles. The molecule has 25 heavy (non-hydrogen) atoms. The number of benzene rings is 2. The van der Waals surface area contributed by atoms with Gasteiger partial charge in [-0.05, 0) is 67.8 Å². The lowest BCUT2D eigenvalue weighted by molar-refractivity contribution is -0.140. The Balaban J connectivity index is 1.61. The second kappa shape index (κ2) is 9.63. The van der Waals surface area contributed by atoms with Crippen molar-refractivity contribution >= 4 is 29.5 Å². The van der Waals surface area contributed by atoms with Crippen LogP contribution in [0.5, 0.6) is 11.5 Å². The molecule has 0 heterocycles. The van der Waals surface area contributed by atoms with Gasteiger partial charge in [-0.3, -0.25) is 4.79 Å². The Labute approximate surface area is 156 Å². The van der Waals surface area contributed by atoms with Gasteiger partial charge >= 0.3 is 5.97 Å². The molecule has 0 saturated carbocycles. The molecule has 0 amide bonds. The molecule has 0 fully saturated rings. The summed E-state index contributed by atoms with van der Waals surface area (Å²) < 4.78 is 5.24. The zero-order valence-corrected chi connectivity index (χ0v) is 16.0. The number of rotatable bonds is 8. The largest absolute Gasteiger partial charge is 0.508 e. The summed E-state index contributed by atoms with van der Waals surface area (Å²) in [5, 5.41) is 19.0. The van der Waals surface area contributed by atoms with Crippen LogP contribution < -0.4 is 0 Å². The normalized spacial score (nSPS) is 10.6. The molecule has 0 spiro atoms. The Morgan fingerprint density at radius 1 is 0.960 bits per heavy atom. The topological polar surface area (TPSA) is 66.8 Å². The van der Waals surface area contributed by atoms with Gasteiger partial charge < -0.3 is 14.9 Å². The van der Waals surface area contributed by atoms with Crippen molar-refractivity contribution < 1.29 is 19.7 Å². The van der Waals surface area contributed by atoms with E-state index < -0.39 is 0 Å². The number of hydrogen-bond acceptors (Lipinski definition) is 6. The molecular formula is C19H22O4S2. The molecule has 2 rings (SSSR count). The van der Waals surface area contributed by atoms with E-state index in [1.807, 2.05) is 32.0 Å². The highest BCUT2D eigenvalue weighted by Crippen LogP contribution is 2.26. The van der Waals surface area contributed by atoms with Crippen molar-refractivity contribution in [3.8, 4) is 11.5 Å². The third-order valence-corrected chi connectivity index (χ3v) is 5.56. The van der Waals surface area contributed by atoms with Crippen LogP contribution in [-0.4, -0.2) is 34.3 Å². The van der Waals surface area contributed by atoms with Crippen molar-refractivity contribution in [2.75, 3.05) is 18.1 Å². The number of hydrogen-bond donors (Lipinski definition) is 2. The second-order valence-electron chi connectivity index (χ2n) is 5.61. The first-order valence-corrected chi connectivity index (χ1v) is 9.93. The fraction of sp³-hybridized carbons (Fsp3) is 0.316. The van der Waals surface area contributed by atoms with E-state index in [0.29, 0.717) is 12.4 Å². The number of phenols is 2. The summed E-state index contributed by atoms with van der Waals surface area (Å²) in [6.07, 6.45) is 0.777. The molecule has 0 unspecified atom stereocenters. The van der Waals surface area contributed by atoms with Gasteiger partial charge in [-0.1, -0.05) is 0 Å². The van der Waals surface area contributed by atoms with Gasteiger partial charge in [0.05, 0.1) is 12.4 Å². The highest BCUT2D eigenvalue weighted by molar-refractivity contribution is 8.00. The van der Waals surface area contributed by atoms with Crippen molar-refractivity contribution in [3.63, 3.8) is 0 Å². The Morgan fingerprint density at radius 2 is 1.52 bits per heavy atom. The Bertz CT molecular complexity index is 731. The molecule has 0 aromatic heterocycles. The average Bonchev–Trinajstić information content (AvgIpc) is 2.58. The SMILES string of the molecule is Cc1cc(SCCCOC(=O)CSc2ccc(O)c(C)c2)ccc1O. The number of ether oxygens (including phenoxy) is 1. The summed E-state index contributed by atoms with van der Waals surface area (Å²) in [5.74, 6) is 1.44. The fourth-order valence-electron chi connectivity index (χ4n) is 2.05. The predicted molar refractivity (Wildman–Crippen MR) is 103 cm³/mol. The zero-order chi connectivity index (χ0) is 18.2. The lowest BCUT2D eigenvalue weighted by atomic mass is 10.2. The van der Waals surface area contributed by atoms with Crippen LogP contribution in [0.1, 0.15) is 17.5 Å². The first-order valence-electron chi connectivity index (χ1n) is 7.96. The number of aromatic hydroxyl groups is 2. The van der Waals surface area contributed by atoms with Crippen molar-refractivity contribution in [1.82, 2.24) is 0 Å². The molecule has 0 aliphatic heterocycles. The smallest absolute Gasteiger partial charge is 0.316 e. The van der Waals surface area contributed by atoms with Gasteiger partial charge in [0.25, 0.3) is 0 Å². The van der Waals surface area contributed by atoms with Gasteiger partial charge in [0.1, 0.15) is 11.5 Å². The number of thioether (sulfide) groups is 2. The molecule has 2 N–H and O–H groups in total. The molecule has 0 saturated heterocycles. The maximum atomic E-state index is 11.8. The monoisotopic (exact) mass is 378 g/mol. The Morgan fingerprint density at radius 3 is 2.08 bits per heavy atom. The summed E-state index contributed by atoms with van der Waals surface area (Å²) in [6.45, 7) is 4.09. The number of esters is 1. The van der Waals surface area contributed by atoms with Crippen molar-refractivity contribution in [3.05, 3.63) is 47.5 Å². The molecule has 0 bridgehead atoms. The molecule has 4 nitrogen and oxygen atoms in total. The minimum Gasteiger partial charge on any atom is -0.508 e. The summed E-state index contributed by atoms with van der Waals surface area (Å²) in [6, 6.07) is 10.8. The van der Waals surface area contributed by atoms with E-state index in [-0.39, 0.29) is 17.5 Å². The Kier molecular flexibility index (Phi) is 7.52. The van der Waals surface area contributed by atoms with Crippen LogP contribution in [-0.2, 0) is 9.53 Å². The minimum absolute atomic E-state index is 0.235. The molecular weight excluding hydrogens is 356 g/mol. The summed E-state index contributed by atoms with van der Waals surface area (Å²) in [5.41, 5.74) is 1.65. The van der Waals surface area contributed by atoms with E-state index in [4.69, 9.17) is 4.74 Å². The second-order valence-corrected chi connectivity index (χ2v) is 7.82. The first-order chi connectivity index (χ1) is 12.0. The van der Waals surface area contributed by atoms with Crippen LogP contribution in [0.25, 0.3) is 0 Å². The molecule has 0 aliphatic rings. The number of carbonyl (C=O) groups is 1. The van der Waals surface area contributed by atoms with Gasteiger partial charge in [0.2, 0.25) is 0 Å². The van der Waals surface area contributed by atoms with Crippen LogP contribution in [0.15, 0.2) is 46.2 Å². The highest BCUT2D eigenvalue weighted by atomic mass is 32.2. The molecule has 6 heteroatoms. The van der Waals surface area contributed by atoms with Crippen molar-refractivity contribution in [2.45, 2.75) is 30.1 Å². The maximum absolute atomic E-state index is 11.8. The summed E-state index contributed by atoms with van der Waals surface area (Å²) in [7, 11) is 0. The third kappa shape index (κ3) is 6.55. The van der Waals surface area contributed by atoms with E-state index in [9.17, 15) is 15.0 Å². The van der Waals surface area contributed by atoms with E-state index in [1.54, 1.807) is 30.0 Å². The van der Waals surface area contributed by atoms with Crippen molar-refractivity contribution in [1.29, 1.82) is 0 Å². The standard InChI is InChI=1S/C19H22O4S2/c1-13-10-15(4-6-17(13)20)24-9-3-8-23-19(22)12-25-16-5-7-18(21)14(2)11-16/h4-7,10-11,20-21H,3,8-9,12H2,1-2H3. The summed E-state index contributed by atoms with van der Waals surface area (Å²) in [4.78, 5) is 13.8. The third-order valence-electron chi connectivity index (χ3n) is 3.51. The number of phenolic OH excluding ortho intramolecular Hbond substituents is 2. The molecule has 0 radical (unpaired) electrons.